The predicted molar refractivity (Wildman–Crippen MR) is 80.6 cm³/mol. The monoisotopic (exact) mass is 283 g/mol. The van der Waals surface area contributed by atoms with Gasteiger partial charge in [-0.25, -0.2) is 0 Å². The minimum absolute atomic E-state index is 0. The molecule has 1 saturated heterocycles. The van der Waals surface area contributed by atoms with Crippen molar-refractivity contribution in [2.75, 3.05) is 33.4 Å². The highest BCUT2D eigenvalue weighted by Crippen LogP contribution is 2.25. The molecule has 0 saturated carbocycles. The molecule has 0 amide bonds. The number of nitrogens with zero attached hydrogens (tertiary/aromatic N) is 1. The zero-order valence-corrected chi connectivity index (χ0v) is 12.2. The molecule has 1 aromatic rings. The van der Waals surface area contributed by atoms with Crippen LogP contribution in [0.2, 0.25) is 0 Å². The Bertz CT molecular complexity index is 389. The molecule has 0 bridgehead atoms. The average Bonchev–Trinajstić information content (AvgIpc) is 2.92. The molecule has 1 aliphatic rings. The van der Waals surface area contributed by atoms with Crippen LogP contribution in [0.25, 0.3) is 0 Å². The first-order valence-corrected chi connectivity index (χ1v) is 6.53. The lowest BCUT2D eigenvalue weighted by Crippen LogP contribution is -2.18. The lowest BCUT2D eigenvalue weighted by atomic mass is 10.3. The van der Waals surface area contributed by atoms with E-state index >= 15 is 0 Å². The van der Waals surface area contributed by atoms with Gasteiger partial charge in [-0.1, -0.05) is 24.3 Å². The molecule has 3 nitrogen and oxygen atoms in total. The molecule has 0 aromatic heterocycles. The number of hydrogen-bond donors (Lipinski definition) is 0. The van der Waals surface area contributed by atoms with E-state index in [0.29, 0.717) is 6.61 Å². The van der Waals surface area contributed by atoms with Crippen molar-refractivity contribution in [3.8, 4) is 11.5 Å². The predicted octanol–water partition coefficient (Wildman–Crippen LogP) is 3.15. The van der Waals surface area contributed by atoms with Crippen LogP contribution in [0, 0.1) is 0 Å². The van der Waals surface area contributed by atoms with Crippen LogP contribution in [-0.2, 0) is 0 Å². The fraction of sp³-hybridized carbons (Fsp3) is 0.467. The minimum atomic E-state index is 0. The van der Waals surface area contributed by atoms with Gasteiger partial charge in [0.25, 0.3) is 0 Å². The lowest BCUT2D eigenvalue weighted by Gasteiger charge is -2.11. The molecule has 0 aliphatic carbocycles. The largest absolute Gasteiger partial charge is 0.493 e. The van der Waals surface area contributed by atoms with Crippen LogP contribution in [0.1, 0.15) is 12.8 Å². The highest BCUT2D eigenvalue weighted by atomic mass is 35.5. The van der Waals surface area contributed by atoms with Crippen LogP contribution in [0.4, 0.5) is 0 Å². The molecule has 2 rings (SSSR count). The minimum Gasteiger partial charge on any atom is -0.493 e. The fourth-order valence-corrected chi connectivity index (χ4v) is 2.13. The van der Waals surface area contributed by atoms with E-state index in [1.54, 1.807) is 7.11 Å². The third-order valence-corrected chi connectivity index (χ3v) is 3.13. The summed E-state index contributed by atoms with van der Waals surface area (Å²) in [6.45, 7) is 4.10. The highest BCUT2D eigenvalue weighted by molar-refractivity contribution is 5.85. The quantitative estimate of drug-likeness (QED) is 0.749. The van der Waals surface area contributed by atoms with Gasteiger partial charge < -0.3 is 9.47 Å². The fourth-order valence-electron chi connectivity index (χ4n) is 2.13. The van der Waals surface area contributed by atoms with Gasteiger partial charge in [0.15, 0.2) is 11.5 Å². The molecule has 4 heteroatoms. The number of hydrogen-bond acceptors (Lipinski definition) is 3. The maximum atomic E-state index is 5.66. The zero-order valence-electron chi connectivity index (χ0n) is 11.4. The van der Waals surface area contributed by atoms with Gasteiger partial charge in [0.1, 0.15) is 6.61 Å². The second kappa shape index (κ2) is 8.83. The Morgan fingerprint density at radius 2 is 1.79 bits per heavy atom. The number of likely N-dealkylation sites (tertiary alicyclic amines) is 1. The number of benzene rings is 1. The van der Waals surface area contributed by atoms with Crippen molar-refractivity contribution in [1.82, 2.24) is 4.90 Å². The SMILES string of the molecule is COc1ccccc1OC/C=C/CN1CCCC1.Cl. The smallest absolute Gasteiger partial charge is 0.161 e. The Hall–Kier alpha value is -1.19. The summed E-state index contributed by atoms with van der Waals surface area (Å²) in [6, 6.07) is 7.72. The van der Waals surface area contributed by atoms with Crippen LogP contribution >= 0.6 is 12.4 Å². The van der Waals surface area contributed by atoms with Crippen molar-refractivity contribution in [1.29, 1.82) is 0 Å². The van der Waals surface area contributed by atoms with Gasteiger partial charge >= 0.3 is 0 Å². The van der Waals surface area contributed by atoms with Crippen molar-refractivity contribution in [3.63, 3.8) is 0 Å². The molecular weight excluding hydrogens is 262 g/mol. The van der Waals surface area contributed by atoms with Gasteiger partial charge in [-0.2, -0.15) is 0 Å². The maximum absolute atomic E-state index is 5.66. The standard InChI is InChI=1S/C15H21NO2.ClH/c1-17-14-8-2-3-9-15(14)18-13-7-6-12-16-10-4-5-11-16;/h2-3,6-9H,4-5,10-13H2,1H3;1H/b7-6+;. The van der Waals surface area contributed by atoms with Crippen molar-refractivity contribution in [2.45, 2.75) is 12.8 Å². The number of rotatable bonds is 6. The van der Waals surface area contributed by atoms with E-state index in [1.807, 2.05) is 24.3 Å². The Morgan fingerprint density at radius 3 is 2.47 bits per heavy atom. The summed E-state index contributed by atoms with van der Waals surface area (Å²) in [5.41, 5.74) is 0. The van der Waals surface area contributed by atoms with Gasteiger partial charge in [-0.15, -0.1) is 12.4 Å². The van der Waals surface area contributed by atoms with E-state index in [1.165, 1.54) is 25.9 Å². The molecule has 1 fully saturated rings. The van der Waals surface area contributed by atoms with E-state index < -0.39 is 0 Å². The van der Waals surface area contributed by atoms with Gasteiger partial charge in [-0.3, -0.25) is 4.90 Å². The molecule has 1 aliphatic heterocycles. The van der Waals surface area contributed by atoms with Crippen LogP contribution in [0.15, 0.2) is 36.4 Å². The average molecular weight is 284 g/mol. The van der Waals surface area contributed by atoms with Crippen LogP contribution in [-0.4, -0.2) is 38.3 Å². The number of halogens is 1. The van der Waals surface area contributed by atoms with E-state index in [-0.39, 0.29) is 12.4 Å². The van der Waals surface area contributed by atoms with Gasteiger partial charge in [-0.05, 0) is 38.1 Å². The number of ether oxygens (including phenoxy) is 2. The summed E-state index contributed by atoms with van der Waals surface area (Å²) >= 11 is 0. The number of methoxy groups -OCH3 is 1. The second-order valence-electron chi connectivity index (χ2n) is 4.44. The molecule has 0 unspecified atom stereocenters. The number of para-hydroxylation sites is 2. The lowest BCUT2D eigenvalue weighted by molar-refractivity contribution is 0.325. The van der Waals surface area contributed by atoms with Crippen molar-refractivity contribution in [2.24, 2.45) is 0 Å². The Kier molecular flexibility index (Phi) is 7.38. The summed E-state index contributed by atoms with van der Waals surface area (Å²) in [5.74, 6) is 1.58. The summed E-state index contributed by atoms with van der Waals surface area (Å²) < 4.78 is 10.9. The molecular formula is C15H22ClNO2. The van der Waals surface area contributed by atoms with Crippen LogP contribution < -0.4 is 9.47 Å². The van der Waals surface area contributed by atoms with Gasteiger partial charge in [0, 0.05) is 6.54 Å². The van der Waals surface area contributed by atoms with E-state index in [9.17, 15) is 0 Å². The molecule has 0 radical (unpaired) electrons. The molecule has 1 aromatic carbocycles. The van der Waals surface area contributed by atoms with E-state index in [2.05, 4.69) is 17.1 Å². The highest BCUT2D eigenvalue weighted by Gasteiger charge is 2.08. The topological polar surface area (TPSA) is 21.7 Å². The first-order valence-electron chi connectivity index (χ1n) is 6.53. The van der Waals surface area contributed by atoms with E-state index in [4.69, 9.17) is 9.47 Å². The van der Waals surface area contributed by atoms with Crippen molar-refractivity contribution in [3.05, 3.63) is 36.4 Å². The first kappa shape index (κ1) is 15.9. The van der Waals surface area contributed by atoms with Crippen molar-refractivity contribution >= 4 is 12.4 Å². The summed E-state index contributed by atoms with van der Waals surface area (Å²) in [7, 11) is 1.66. The summed E-state index contributed by atoms with van der Waals surface area (Å²) in [5, 5.41) is 0. The normalized spacial score (nSPS) is 15.4. The van der Waals surface area contributed by atoms with Gasteiger partial charge in [0.2, 0.25) is 0 Å². The molecule has 1 heterocycles. The van der Waals surface area contributed by atoms with Gasteiger partial charge in [0.05, 0.1) is 7.11 Å². The first-order chi connectivity index (χ1) is 8.90. The molecule has 0 spiro atoms. The zero-order chi connectivity index (χ0) is 12.6. The second-order valence-corrected chi connectivity index (χ2v) is 4.44. The molecule has 0 atom stereocenters. The summed E-state index contributed by atoms with van der Waals surface area (Å²) in [4.78, 5) is 2.46. The molecule has 106 valence electrons. The Balaban J connectivity index is 0.00000180. The Labute approximate surface area is 121 Å². The third kappa shape index (κ3) is 5.13. The molecule has 0 N–H and O–H groups in total. The third-order valence-electron chi connectivity index (χ3n) is 3.13. The molecule has 19 heavy (non-hydrogen) atoms. The Morgan fingerprint density at radius 1 is 1.11 bits per heavy atom. The van der Waals surface area contributed by atoms with E-state index in [0.717, 1.165) is 18.0 Å². The van der Waals surface area contributed by atoms with Crippen LogP contribution in [0.5, 0.6) is 11.5 Å². The summed E-state index contributed by atoms with van der Waals surface area (Å²) in [6.07, 6.45) is 6.93. The van der Waals surface area contributed by atoms with Crippen LogP contribution in [0.3, 0.4) is 0 Å². The maximum Gasteiger partial charge on any atom is 0.161 e. The van der Waals surface area contributed by atoms with Crippen molar-refractivity contribution < 1.29 is 9.47 Å².